The first-order valence-corrected chi connectivity index (χ1v) is 12.8. The first kappa shape index (κ1) is 21.5. The molecule has 1 saturated carbocycles. The van der Waals surface area contributed by atoms with Gasteiger partial charge >= 0.3 is 0 Å². The van der Waals surface area contributed by atoms with Crippen LogP contribution in [0, 0.1) is 17.7 Å². The van der Waals surface area contributed by atoms with Crippen LogP contribution in [0.1, 0.15) is 30.4 Å². The van der Waals surface area contributed by atoms with Crippen molar-refractivity contribution < 1.29 is 9.18 Å². The third-order valence-corrected chi connectivity index (χ3v) is 7.79. The number of benzene rings is 3. The number of aliphatic imine (C=N–C) groups is 1. The zero-order chi connectivity index (χ0) is 24.2. The molecule has 5 nitrogen and oxygen atoms in total. The first-order valence-electron chi connectivity index (χ1n) is 12.8. The second kappa shape index (κ2) is 8.40. The van der Waals surface area contributed by atoms with Crippen LogP contribution in [0.3, 0.4) is 0 Å². The van der Waals surface area contributed by atoms with E-state index >= 15 is 0 Å². The lowest BCUT2D eigenvalue weighted by atomic mass is 9.99. The summed E-state index contributed by atoms with van der Waals surface area (Å²) in [6.45, 7) is 3.14. The molecule has 1 saturated heterocycles. The number of rotatable bonds is 5. The van der Waals surface area contributed by atoms with Gasteiger partial charge in [0.1, 0.15) is 11.6 Å². The van der Waals surface area contributed by atoms with Gasteiger partial charge in [0, 0.05) is 43.4 Å². The Hall–Kier alpha value is -3.80. The Labute approximate surface area is 209 Å². The van der Waals surface area contributed by atoms with E-state index in [1.54, 1.807) is 0 Å². The number of fused-ring (bicyclic) bond motifs is 2. The summed E-state index contributed by atoms with van der Waals surface area (Å²) in [5.41, 5.74) is 7.35. The van der Waals surface area contributed by atoms with Crippen LogP contribution in [0.2, 0.25) is 0 Å². The predicted octanol–water partition coefficient (Wildman–Crippen LogP) is 5.70. The normalized spacial score (nSPS) is 18.8. The maximum atomic E-state index is 14.0. The summed E-state index contributed by atoms with van der Waals surface area (Å²) in [7, 11) is 0. The van der Waals surface area contributed by atoms with Crippen LogP contribution in [0.15, 0.2) is 65.7 Å². The van der Waals surface area contributed by atoms with Gasteiger partial charge in [0.15, 0.2) is 0 Å². The predicted molar refractivity (Wildman–Crippen MR) is 139 cm³/mol. The molecule has 4 aromatic rings. The number of nitrogens with zero attached hydrogens (tertiary/aromatic N) is 4. The van der Waals surface area contributed by atoms with Crippen LogP contribution in [-0.4, -0.2) is 39.7 Å². The Morgan fingerprint density at radius 2 is 1.75 bits per heavy atom. The van der Waals surface area contributed by atoms with Gasteiger partial charge in [-0.05, 0) is 65.6 Å². The quantitative estimate of drug-likeness (QED) is 0.369. The standard InChI is InChI=1S/C30H27FN4O/c31-26-9-10-28-27(14-26)33-29(35(28)18-19-11-12-34(17-19)30(36)22-5-6-22)21-3-1-20(2-4-21)23-7-8-24-15-32-16-25(24)13-23/h1-4,7-10,13-14,16,19,22H,5-6,11-12,15,17-18H2/t19-/m1/s1. The molecule has 0 bridgehead atoms. The van der Waals surface area contributed by atoms with Gasteiger partial charge < -0.3 is 9.47 Å². The molecule has 7 rings (SSSR count). The second-order valence-corrected chi connectivity index (χ2v) is 10.4. The summed E-state index contributed by atoms with van der Waals surface area (Å²) >= 11 is 0. The molecule has 36 heavy (non-hydrogen) atoms. The van der Waals surface area contributed by atoms with E-state index in [4.69, 9.17) is 4.98 Å². The number of amides is 1. The molecule has 1 atom stereocenters. The average molecular weight is 479 g/mol. The van der Waals surface area contributed by atoms with Gasteiger partial charge in [-0.25, -0.2) is 9.37 Å². The Kier molecular flexibility index (Phi) is 5.01. The number of aromatic nitrogens is 2. The van der Waals surface area contributed by atoms with Gasteiger partial charge in [0.2, 0.25) is 5.91 Å². The lowest BCUT2D eigenvalue weighted by Crippen LogP contribution is -2.30. The van der Waals surface area contributed by atoms with Crippen LogP contribution >= 0.6 is 0 Å². The fourth-order valence-electron chi connectivity index (χ4n) is 5.63. The van der Waals surface area contributed by atoms with Gasteiger partial charge in [-0.2, -0.15) is 0 Å². The number of carbonyl (C=O) groups excluding carboxylic acids is 1. The topological polar surface area (TPSA) is 50.5 Å². The summed E-state index contributed by atoms with van der Waals surface area (Å²) < 4.78 is 16.3. The van der Waals surface area contributed by atoms with Crippen molar-refractivity contribution in [1.82, 2.24) is 14.5 Å². The molecule has 3 heterocycles. The SMILES string of the molecule is O=C(C1CC1)N1CC[C@@H](Cn2c(-c3ccc(-c4ccc5c(c4)C=NC5)cc3)nc3cc(F)ccc32)C1. The molecule has 1 amide bonds. The highest BCUT2D eigenvalue weighted by atomic mass is 19.1. The summed E-state index contributed by atoms with van der Waals surface area (Å²) in [5.74, 6) is 1.50. The van der Waals surface area contributed by atoms with Crippen LogP contribution in [0.25, 0.3) is 33.5 Å². The molecule has 0 N–H and O–H groups in total. The van der Waals surface area contributed by atoms with Crippen LogP contribution in [0.5, 0.6) is 0 Å². The number of imidazole rings is 1. The number of likely N-dealkylation sites (tertiary alicyclic amines) is 1. The molecular weight excluding hydrogens is 451 g/mol. The van der Waals surface area contributed by atoms with E-state index < -0.39 is 0 Å². The third kappa shape index (κ3) is 3.81. The molecule has 3 aromatic carbocycles. The van der Waals surface area contributed by atoms with Gasteiger partial charge in [0.05, 0.1) is 17.6 Å². The van der Waals surface area contributed by atoms with Gasteiger partial charge in [-0.1, -0.05) is 36.4 Å². The monoisotopic (exact) mass is 478 g/mol. The highest BCUT2D eigenvalue weighted by Gasteiger charge is 2.36. The van der Waals surface area contributed by atoms with Crippen molar-refractivity contribution in [2.45, 2.75) is 32.4 Å². The summed E-state index contributed by atoms with van der Waals surface area (Å²) in [6, 6.07) is 19.8. The Balaban J connectivity index is 1.20. The van der Waals surface area contributed by atoms with E-state index in [0.717, 1.165) is 73.5 Å². The molecule has 180 valence electrons. The zero-order valence-corrected chi connectivity index (χ0v) is 20.0. The number of hydrogen-bond acceptors (Lipinski definition) is 3. The third-order valence-electron chi connectivity index (χ3n) is 7.79. The summed E-state index contributed by atoms with van der Waals surface area (Å²) in [6.07, 6.45) is 5.00. The first-order chi connectivity index (χ1) is 17.6. The molecule has 6 heteroatoms. The fourth-order valence-corrected chi connectivity index (χ4v) is 5.63. The number of hydrogen-bond donors (Lipinski definition) is 0. The van der Waals surface area contributed by atoms with E-state index in [9.17, 15) is 9.18 Å². The number of halogens is 1. The smallest absolute Gasteiger partial charge is 0.225 e. The molecule has 1 aliphatic carbocycles. The molecule has 2 aliphatic heterocycles. The Morgan fingerprint density at radius 3 is 2.58 bits per heavy atom. The Bertz CT molecular complexity index is 1520. The lowest BCUT2D eigenvalue weighted by molar-refractivity contribution is -0.131. The maximum Gasteiger partial charge on any atom is 0.225 e. The minimum atomic E-state index is -0.281. The molecule has 2 fully saturated rings. The van der Waals surface area contributed by atoms with Crippen molar-refractivity contribution in [2.75, 3.05) is 13.1 Å². The summed E-state index contributed by atoms with van der Waals surface area (Å²) in [5, 5.41) is 0. The fraction of sp³-hybridized carbons (Fsp3) is 0.300. The molecule has 3 aliphatic rings. The minimum Gasteiger partial charge on any atom is -0.342 e. The molecule has 0 unspecified atom stereocenters. The van der Waals surface area contributed by atoms with Crippen LogP contribution in [-0.2, 0) is 17.9 Å². The molecule has 0 radical (unpaired) electrons. The van der Waals surface area contributed by atoms with E-state index in [0.29, 0.717) is 17.3 Å². The maximum absolute atomic E-state index is 14.0. The number of carbonyl (C=O) groups is 1. The van der Waals surface area contributed by atoms with Crippen LogP contribution < -0.4 is 0 Å². The van der Waals surface area contributed by atoms with Gasteiger partial charge in [0.25, 0.3) is 0 Å². The summed E-state index contributed by atoms with van der Waals surface area (Å²) in [4.78, 5) is 23.8. The molecule has 1 aromatic heterocycles. The average Bonchev–Trinajstić information content (AvgIpc) is 3.30. The van der Waals surface area contributed by atoms with E-state index in [2.05, 4.69) is 52.0 Å². The zero-order valence-electron chi connectivity index (χ0n) is 20.0. The van der Waals surface area contributed by atoms with Crippen molar-refractivity contribution in [2.24, 2.45) is 16.8 Å². The van der Waals surface area contributed by atoms with E-state index in [-0.39, 0.29) is 11.7 Å². The molecule has 0 spiro atoms. The van der Waals surface area contributed by atoms with Gasteiger partial charge in [-0.15, -0.1) is 0 Å². The van der Waals surface area contributed by atoms with Crippen molar-refractivity contribution in [3.8, 4) is 22.5 Å². The second-order valence-electron chi connectivity index (χ2n) is 10.4. The highest BCUT2D eigenvalue weighted by Crippen LogP contribution is 2.34. The van der Waals surface area contributed by atoms with E-state index in [1.165, 1.54) is 23.3 Å². The largest absolute Gasteiger partial charge is 0.342 e. The van der Waals surface area contributed by atoms with E-state index in [1.807, 2.05) is 17.2 Å². The van der Waals surface area contributed by atoms with Crippen molar-refractivity contribution in [1.29, 1.82) is 0 Å². The molecular formula is C30H27FN4O. The highest BCUT2D eigenvalue weighted by molar-refractivity contribution is 5.87. The lowest BCUT2D eigenvalue weighted by Gasteiger charge is -2.18. The Morgan fingerprint density at radius 1 is 0.944 bits per heavy atom. The van der Waals surface area contributed by atoms with Gasteiger partial charge in [-0.3, -0.25) is 9.79 Å². The van der Waals surface area contributed by atoms with Crippen molar-refractivity contribution >= 4 is 23.2 Å². The van der Waals surface area contributed by atoms with Crippen LogP contribution in [0.4, 0.5) is 4.39 Å². The van der Waals surface area contributed by atoms with Crippen molar-refractivity contribution in [3.05, 3.63) is 77.6 Å². The minimum absolute atomic E-state index is 0.257. The van der Waals surface area contributed by atoms with Crippen molar-refractivity contribution in [3.63, 3.8) is 0 Å².